The summed E-state index contributed by atoms with van der Waals surface area (Å²) in [5.74, 6) is 1.80. The number of para-hydroxylation sites is 4. The maximum absolute atomic E-state index is 5.14. The van der Waals surface area contributed by atoms with E-state index in [9.17, 15) is 0 Å². The van der Waals surface area contributed by atoms with E-state index in [1.54, 1.807) is 12.4 Å². The maximum atomic E-state index is 5.14. The van der Waals surface area contributed by atoms with Crippen molar-refractivity contribution in [1.29, 1.82) is 0 Å². The first-order valence-electron chi connectivity index (χ1n) is 20.1. The van der Waals surface area contributed by atoms with E-state index in [-0.39, 0.29) is 0 Å². The highest BCUT2D eigenvalue weighted by Crippen LogP contribution is 2.37. The molecule has 0 aliphatic heterocycles. The van der Waals surface area contributed by atoms with Gasteiger partial charge in [-0.2, -0.15) is 0 Å². The highest BCUT2D eigenvalue weighted by molar-refractivity contribution is 6.01. The zero-order valence-corrected chi connectivity index (χ0v) is 32.3. The number of aromatic nitrogens is 6. The Kier molecular flexibility index (Phi) is 7.74. The fraction of sp³-hybridized carbons (Fsp3) is 0. The van der Waals surface area contributed by atoms with Gasteiger partial charge in [-0.15, -0.1) is 0 Å². The van der Waals surface area contributed by atoms with Crippen LogP contribution in [0.2, 0.25) is 0 Å². The second-order valence-electron chi connectivity index (χ2n) is 15.2. The molecule has 0 aliphatic rings. The van der Waals surface area contributed by atoms with Gasteiger partial charge in [0.15, 0.2) is 0 Å². The van der Waals surface area contributed by atoms with Gasteiger partial charge in [0, 0.05) is 46.0 Å². The molecular weight excluding hydrogens is 733 g/mol. The minimum absolute atomic E-state index is 0.855. The predicted octanol–water partition coefficient (Wildman–Crippen LogP) is 13.3. The Hall–Kier alpha value is -8.22. The van der Waals surface area contributed by atoms with Crippen molar-refractivity contribution in [1.82, 2.24) is 29.1 Å². The molecule has 0 atom stereocenters. The molecule has 3 aromatic heterocycles. The Balaban J connectivity index is 0.903. The number of rotatable bonds is 6. The molecule has 3 heterocycles. The average molecular weight is 767 g/mol. The third-order valence-corrected chi connectivity index (χ3v) is 11.6. The van der Waals surface area contributed by atoms with Gasteiger partial charge in [0.05, 0.1) is 33.1 Å². The van der Waals surface area contributed by atoms with Gasteiger partial charge in [-0.3, -0.25) is 19.1 Å². The lowest BCUT2D eigenvalue weighted by Crippen LogP contribution is -1.98. The standard InChI is InChI=1S/C54H34N6/c1-3-11-41-33-43(27-25-35(41)9-1)59-49-15-7-5-13-47(49)57-53(59)39-21-17-37(18-22-39)45-29-30-46(52-51(45)55-31-32-56-52)38-19-23-40(24-20-38)54-58-48-14-6-8-16-50(48)60(54)44-28-26-36-10-2-4-12-42(36)34-44/h1-34H. The van der Waals surface area contributed by atoms with Crippen LogP contribution in [-0.4, -0.2) is 29.1 Å². The van der Waals surface area contributed by atoms with Gasteiger partial charge in [0.1, 0.15) is 11.6 Å². The van der Waals surface area contributed by atoms with Crippen LogP contribution < -0.4 is 0 Å². The summed E-state index contributed by atoms with van der Waals surface area (Å²) in [7, 11) is 0. The average Bonchev–Trinajstić information content (AvgIpc) is 3.91. The summed E-state index contributed by atoms with van der Waals surface area (Å²) in [5, 5.41) is 4.81. The van der Waals surface area contributed by atoms with Crippen molar-refractivity contribution in [3.8, 4) is 56.4 Å². The van der Waals surface area contributed by atoms with Gasteiger partial charge in [-0.1, -0.05) is 146 Å². The molecule has 0 bridgehead atoms. The molecule has 0 unspecified atom stereocenters. The number of nitrogens with zero attached hydrogens (tertiary/aromatic N) is 6. The second-order valence-corrected chi connectivity index (χ2v) is 15.2. The molecule has 0 aliphatic carbocycles. The number of hydrogen-bond donors (Lipinski definition) is 0. The summed E-state index contributed by atoms with van der Waals surface area (Å²) in [4.78, 5) is 20.1. The third-order valence-electron chi connectivity index (χ3n) is 11.6. The zero-order valence-electron chi connectivity index (χ0n) is 32.3. The lowest BCUT2D eigenvalue weighted by atomic mass is 9.96. The fourth-order valence-corrected chi connectivity index (χ4v) is 8.71. The maximum Gasteiger partial charge on any atom is 0.145 e. The van der Waals surface area contributed by atoms with Crippen molar-refractivity contribution in [2.45, 2.75) is 0 Å². The molecule has 9 aromatic carbocycles. The molecule has 12 rings (SSSR count). The van der Waals surface area contributed by atoms with E-state index >= 15 is 0 Å². The van der Waals surface area contributed by atoms with E-state index in [0.29, 0.717) is 0 Å². The quantitative estimate of drug-likeness (QED) is 0.169. The topological polar surface area (TPSA) is 61.4 Å². The summed E-state index contributed by atoms with van der Waals surface area (Å²) in [5.41, 5.74) is 14.2. The van der Waals surface area contributed by atoms with Crippen LogP contribution in [0.4, 0.5) is 0 Å². The van der Waals surface area contributed by atoms with Crippen molar-refractivity contribution in [3.05, 3.63) is 207 Å². The number of fused-ring (bicyclic) bond motifs is 5. The largest absolute Gasteiger partial charge is 0.292 e. The molecule has 0 saturated carbocycles. The van der Waals surface area contributed by atoms with Crippen LogP contribution >= 0.6 is 0 Å². The van der Waals surface area contributed by atoms with Crippen LogP contribution in [-0.2, 0) is 0 Å². The van der Waals surface area contributed by atoms with E-state index in [0.717, 1.165) is 89.5 Å². The summed E-state index contributed by atoms with van der Waals surface area (Å²) in [6.45, 7) is 0. The van der Waals surface area contributed by atoms with Crippen molar-refractivity contribution < 1.29 is 0 Å². The first kappa shape index (κ1) is 33.9. The summed E-state index contributed by atoms with van der Waals surface area (Å²) in [6.07, 6.45) is 3.55. The molecule has 0 N–H and O–H groups in total. The molecule has 0 saturated heterocycles. The minimum atomic E-state index is 0.855. The summed E-state index contributed by atoms with van der Waals surface area (Å²) in [6, 6.07) is 68.4. The van der Waals surface area contributed by atoms with Crippen LogP contribution in [0.1, 0.15) is 0 Å². The lowest BCUT2D eigenvalue weighted by molar-refractivity contribution is 1.11. The van der Waals surface area contributed by atoms with Crippen LogP contribution in [0.25, 0.3) is 111 Å². The normalized spacial score (nSPS) is 11.7. The molecule has 60 heavy (non-hydrogen) atoms. The van der Waals surface area contributed by atoms with Crippen LogP contribution in [0.15, 0.2) is 207 Å². The number of hydrogen-bond acceptors (Lipinski definition) is 4. The van der Waals surface area contributed by atoms with Gasteiger partial charge >= 0.3 is 0 Å². The first-order chi connectivity index (χ1) is 29.7. The minimum Gasteiger partial charge on any atom is -0.292 e. The molecule has 0 fully saturated rings. The van der Waals surface area contributed by atoms with Crippen molar-refractivity contribution >= 4 is 54.6 Å². The predicted molar refractivity (Wildman–Crippen MR) is 246 cm³/mol. The van der Waals surface area contributed by atoms with E-state index in [1.165, 1.54) is 21.5 Å². The van der Waals surface area contributed by atoms with Crippen LogP contribution in [0.3, 0.4) is 0 Å². The van der Waals surface area contributed by atoms with Crippen LogP contribution in [0.5, 0.6) is 0 Å². The molecule has 12 aromatic rings. The van der Waals surface area contributed by atoms with E-state index in [2.05, 4.69) is 191 Å². The summed E-state index contributed by atoms with van der Waals surface area (Å²) >= 11 is 0. The zero-order chi connectivity index (χ0) is 39.6. The van der Waals surface area contributed by atoms with Gasteiger partial charge in [0.25, 0.3) is 0 Å². The van der Waals surface area contributed by atoms with Gasteiger partial charge < -0.3 is 0 Å². The Morgan fingerprint density at radius 3 is 1.15 bits per heavy atom. The summed E-state index contributed by atoms with van der Waals surface area (Å²) < 4.78 is 4.52. The second kappa shape index (κ2) is 13.7. The van der Waals surface area contributed by atoms with E-state index < -0.39 is 0 Å². The Morgan fingerprint density at radius 1 is 0.317 bits per heavy atom. The number of imidazole rings is 2. The smallest absolute Gasteiger partial charge is 0.145 e. The Morgan fingerprint density at radius 2 is 0.700 bits per heavy atom. The van der Waals surface area contributed by atoms with Crippen molar-refractivity contribution in [2.24, 2.45) is 0 Å². The molecular formula is C54H34N6. The van der Waals surface area contributed by atoms with Crippen molar-refractivity contribution in [2.75, 3.05) is 0 Å². The monoisotopic (exact) mass is 766 g/mol. The molecule has 0 radical (unpaired) electrons. The number of benzene rings is 9. The van der Waals surface area contributed by atoms with E-state index in [4.69, 9.17) is 19.9 Å². The van der Waals surface area contributed by atoms with Gasteiger partial charge in [-0.05, 0) is 81.2 Å². The molecule has 280 valence electrons. The molecule has 6 heteroatoms. The SMILES string of the molecule is c1ccc2cc(-n3c(-c4ccc(-c5ccc(-c6ccc(-c7nc8ccccc8n7-c7ccc8ccccc8c7)cc6)c6nccnc56)cc4)nc4ccccc43)ccc2c1. The first-order valence-corrected chi connectivity index (χ1v) is 20.1. The van der Waals surface area contributed by atoms with E-state index in [1.807, 2.05) is 12.1 Å². The van der Waals surface area contributed by atoms with Crippen molar-refractivity contribution in [3.63, 3.8) is 0 Å². The van der Waals surface area contributed by atoms with Gasteiger partial charge in [0.2, 0.25) is 0 Å². The Bertz CT molecular complexity index is 3360. The highest BCUT2D eigenvalue weighted by atomic mass is 15.1. The lowest BCUT2D eigenvalue weighted by Gasteiger charge is -2.13. The Labute approximate surface area is 345 Å². The fourth-order valence-electron chi connectivity index (χ4n) is 8.71. The third kappa shape index (κ3) is 5.57. The molecule has 0 amide bonds. The van der Waals surface area contributed by atoms with Gasteiger partial charge in [-0.25, -0.2) is 9.97 Å². The molecule has 6 nitrogen and oxygen atoms in total. The van der Waals surface area contributed by atoms with Crippen LogP contribution in [0, 0.1) is 0 Å². The highest BCUT2D eigenvalue weighted by Gasteiger charge is 2.18. The molecule has 0 spiro atoms.